The lowest BCUT2D eigenvalue weighted by atomic mass is 10.00. The number of rotatable bonds is 9. The molecule has 0 radical (unpaired) electrons. The van der Waals surface area contributed by atoms with Crippen LogP contribution < -0.4 is 5.73 Å². The fraction of sp³-hybridized carbons (Fsp3) is 0.385. The molecule has 36 heavy (non-hydrogen) atoms. The van der Waals surface area contributed by atoms with E-state index in [1.807, 2.05) is 6.20 Å². The van der Waals surface area contributed by atoms with Crippen LogP contribution >= 0.6 is 0 Å². The predicted molar refractivity (Wildman–Crippen MR) is 132 cm³/mol. The minimum absolute atomic E-state index is 0.0249. The largest absolute Gasteiger partial charge is 0.756 e. The number of carbonyl (C=O) groups is 2. The third kappa shape index (κ3) is 5.15. The van der Waals surface area contributed by atoms with Gasteiger partial charge in [-0.15, -0.1) is 0 Å². The van der Waals surface area contributed by atoms with Crippen molar-refractivity contribution < 1.29 is 14.7 Å². The molecule has 3 N–H and O–H groups in total. The number of nitrogens with two attached hydrogens (primary N) is 1. The van der Waals surface area contributed by atoms with Gasteiger partial charge in [-0.2, -0.15) is 5.10 Å². The lowest BCUT2D eigenvalue weighted by Gasteiger charge is -2.39. The molecule has 2 atom stereocenters. The molecule has 3 aromatic rings. The number of fused-ring (bicyclic) bond motifs is 1. The van der Waals surface area contributed by atoms with E-state index in [1.165, 1.54) is 25.1 Å². The van der Waals surface area contributed by atoms with Crippen LogP contribution in [-0.2, 0) is 24.2 Å². The van der Waals surface area contributed by atoms with E-state index in [9.17, 15) is 19.9 Å². The Morgan fingerprint density at radius 3 is 2.69 bits per heavy atom. The van der Waals surface area contributed by atoms with Gasteiger partial charge in [0.15, 0.2) is 11.9 Å². The highest BCUT2D eigenvalue weighted by molar-refractivity contribution is 5.98. The lowest BCUT2D eigenvalue weighted by Crippen LogP contribution is -2.50. The van der Waals surface area contributed by atoms with Gasteiger partial charge < -0.3 is 21.1 Å². The maximum absolute atomic E-state index is 13.4. The average molecular weight is 490 g/mol. The van der Waals surface area contributed by atoms with Gasteiger partial charge in [0.2, 0.25) is 11.8 Å². The fourth-order valence-electron chi connectivity index (χ4n) is 4.69. The van der Waals surface area contributed by atoms with Gasteiger partial charge in [0.1, 0.15) is 0 Å². The summed E-state index contributed by atoms with van der Waals surface area (Å²) in [5.74, 6) is -0.989. The molecule has 3 heterocycles. The summed E-state index contributed by atoms with van der Waals surface area (Å²) in [5.41, 5.74) is 8.03. The number of carbonyl (C=O) groups excluding carboxylic acids is 2. The number of aliphatic hydroxyl groups is 1. The summed E-state index contributed by atoms with van der Waals surface area (Å²) in [6.45, 7) is 2.82. The molecule has 1 fully saturated rings. The summed E-state index contributed by atoms with van der Waals surface area (Å²) in [5, 5.41) is 28.4. The minimum Gasteiger partial charge on any atom is -0.756 e. The maximum atomic E-state index is 13.4. The van der Waals surface area contributed by atoms with Crippen molar-refractivity contribution in [2.75, 3.05) is 13.1 Å². The summed E-state index contributed by atoms with van der Waals surface area (Å²) < 4.78 is 1.54. The molecular weight excluding hydrogens is 460 g/mol. The van der Waals surface area contributed by atoms with Crippen LogP contribution in [0.1, 0.15) is 40.0 Å². The summed E-state index contributed by atoms with van der Waals surface area (Å²) in [6, 6.07) is 10.5. The van der Waals surface area contributed by atoms with Crippen LogP contribution in [0.5, 0.6) is 0 Å². The molecule has 1 aliphatic carbocycles. The van der Waals surface area contributed by atoms with Crippen molar-refractivity contribution in [3.63, 3.8) is 0 Å². The topological polar surface area (TPSA) is 141 Å². The molecule has 10 nitrogen and oxygen atoms in total. The van der Waals surface area contributed by atoms with Gasteiger partial charge in [-0.25, -0.2) is 9.67 Å². The first-order valence-corrected chi connectivity index (χ1v) is 12.2. The van der Waals surface area contributed by atoms with E-state index < -0.39 is 24.0 Å². The van der Waals surface area contributed by atoms with E-state index >= 15 is 0 Å². The Morgan fingerprint density at radius 1 is 1.19 bits per heavy atom. The number of nitrogens with zero attached hydrogens (tertiary/aromatic N) is 5. The molecule has 1 aliphatic heterocycles. The van der Waals surface area contributed by atoms with E-state index in [0.717, 1.165) is 43.2 Å². The van der Waals surface area contributed by atoms with Crippen LogP contribution in [0.4, 0.5) is 0 Å². The van der Waals surface area contributed by atoms with Gasteiger partial charge in [0.05, 0.1) is 17.3 Å². The van der Waals surface area contributed by atoms with Crippen LogP contribution in [0.3, 0.4) is 0 Å². The number of aromatic nitrogens is 3. The van der Waals surface area contributed by atoms with E-state index in [1.54, 1.807) is 41.1 Å². The Hall–Kier alpha value is -3.60. The van der Waals surface area contributed by atoms with Crippen LogP contribution in [0.25, 0.3) is 5.82 Å². The third-order valence-corrected chi connectivity index (χ3v) is 6.83. The van der Waals surface area contributed by atoms with Crippen molar-refractivity contribution in [2.24, 2.45) is 11.7 Å². The second-order valence-corrected chi connectivity index (χ2v) is 9.58. The molecule has 1 aromatic carbocycles. The molecule has 2 unspecified atom stereocenters. The van der Waals surface area contributed by atoms with E-state index in [2.05, 4.69) is 15.0 Å². The Kier molecular flexibility index (Phi) is 6.82. The van der Waals surface area contributed by atoms with Crippen LogP contribution in [0.15, 0.2) is 54.9 Å². The van der Waals surface area contributed by atoms with Crippen LogP contribution in [0.2, 0.25) is 0 Å². The molecule has 0 spiro atoms. The number of hydrogen-bond donors (Lipinski definition) is 2. The summed E-state index contributed by atoms with van der Waals surface area (Å²) in [7, 11) is 0. The molecule has 0 saturated heterocycles. The number of aliphatic hydroxyl groups excluding tert-OH is 1. The highest BCUT2D eigenvalue weighted by atomic mass is 16.5. The van der Waals surface area contributed by atoms with Crippen molar-refractivity contribution in [2.45, 2.75) is 44.4 Å². The molecule has 2 amide bonds. The predicted octanol–water partition coefficient (Wildman–Crippen LogP) is 1.43. The molecule has 2 aromatic heterocycles. The minimum atomic E-state index is -1.83. The zero-order valence-corrected chi connectivity index (χ0v) is 19.9. The van der Waals surface area contributed by atoms with Crippen molar-refractivity contribution >= 4 is 11.8 Å². The van der Waals surface area contributed by atoms with E-state index in [-0.39, 0.29) is 22.9 Å². The van der Waals surface area contributed by atoms with Gasteiger partial charge in [0.25, 0.3) is 0 Å². The number of hydrogen-bond acceptors (Lipinski definition) is 7. The van der Waals surface area contributed by atoms with Crippen molar-refractivity contribution in [3.8, 4) is 5.82 Å². The van der Waals surface area contributed by atoms with E-state index in [0.29, 0.717) is 5.56 Å². The highest BCUT2D eigenvalue weighted by Gasteiger charge is 2.31. The smallest absolute Gasteiger partial charge is 0.248 e. The standard InChI is InChI=1S/C26H29N6O4/c27-24(34)23(33)22(13-17-5-2-1-3-6-17)32(36)26(35)20-7-4-11-28-25(20)31-16-19-15-30(14-18-8-9-18)12-10-21(19)29-31/h1-7,11,16,18,22-23,33H,8-10,12-15H2,(H2,27,34)/q-1. The zero-order valence-electron chi connectivity index (χ0n) is 19.9. The first-order valence-electron chi connectivity index (χ1n) is 12.2. The molecule has 2 aliphatic rings. The van der Waals surface area contributed by atoms with Crippen molar-refractivity contribution in [1.82, 2.24) is 24.7 Å². The van der Waals surface area contributed by atoms with Crippen LogP contribution in [0, 0.1) is 11.1 Å². The summed E-state index contributed by atoms with van der Waals surface area (Å²) >= 11 is 0. The Balaban J connectivity index is 1.41. The number of hydroxylamine groups is 2. The normalized spacial score (nSPS) is 17.3. The summed E-state index contributed by atoms with van der Waals surface area (Å²) in [6.07, 6.45) is 4.92. The second-order valence-electron chi connectivity index (χ2n) is 9.58. The highest BCUT2D eigenvalue weighted by Crippen LogP contribution is 2.31. The molecule has 188 valence electrons. The SMILES string of the molecule is NC(=O)C(O)C(Cc1ccccc1)N([O-])C(=O)c1cccnc1-n1cc2c(n1)CCN(CC1CC1)C2. The van der Waals surface area contributed by atoms with Gasteiger partial charge in [0, 0.05) is 44.0 Å². The lowest BCUT2D eigenvalue weighted by molar-refractivity contribution is -0.128. The van der Waals surface area contributed by atoms with Gasteiger partial charge >= 0.3 is 0 Å². The fourth-order valence-corrected chi connectivity index (χ4v) is 4.69. The first kappa shape index (κ1) is 24.1. The quantitative estimate of drug-likeness (QED) is 0.433. The Morgan fingerprint density at radius 2 is 1.97 bits per heavy atom. The third-order valence-electron chi connectivity index (χ3n) is 6.83. The first-order chi connectivity index (χ1) is 17.4. The maximum Gasteiger partial charge on any atom is 0.248 e. The Labute approximate surface area is 208 Å². The number of amides is 2. The number of primary amides is 1. The zero-order chi connectivity index (χ0) is 25.2. The number of benzene rings is 1. The van der Waals surface area contributed by atoms with Crippen LogP contribution in [-0.4, -0.2) is 66.9 Å². The molecule has 5 rings (SSSR count). The van der Waals surface area contributed by atoms with Gasteiger partial charge in [-0.05, 0) is 42.9 Å². The van der Waals surface area contributed by atoms with Gasteiger partial charge in [-0.3, -0.25) is 14.5 Å². The van der Waals surface area contributed by atoms with Gasteiger partial charge in [-0.1, -0.05) is 30.3 Å². The molecule has 0 bridgehead atoms. The van der Waals surface area contributed by atoms with Crippen molar-refractivity contribution in [1.29, 1.82) is 0 Å². The Bertz CT molecular complexity index is 1240. The molecule has 1 saturated carbocycles. The van der Waals surface area contributed by atoms with E-state index in [4.69, 9.17) is 5.73 Å². The monoisotopic (exact) mass is 489 g/mol. The van der Waals surface area contributed by atoms with Crippen molar-refractivity contribution in [3.05, 3.63) is 82.4 Å². The second kappa shape index (κ2) is 10.2. The molecular formula is C26H29N6O4-. The molecule has 10 heteroatoms. The number of pyridine rings is 1. The average Bonchev–Trinajstić information content (AvgIpc) is 3.61. The summed E-state index contributed by atoms with van der Waals surface area (Å²) in [4.78, 5) is 31.9.